The van der Waals surface area contributed by atoms with Crippen LogP contribution in [0.1, 0.15) is 17.7 Å². The van der Waals surface area contributed by atoms with Crippen LogP contribution in [0.25, 0.3) is 0 Å². The van der Waals surface area contributed by atoms with Crippen LogP contribution in [0, 0.1) is 0 Å². The molecule has 94 valence electrons. The summed E-state index contributed by atoms with van der Waals surface area (Å²) < 4.78 is 0.901. The highest BCUT2D eigenvalue weighted by Gasteiger charge is 2.03. The van der Waals surface area contributed by atoms with Crippen LogP contribution < -0.4 is 5.32 Å². The van der Waals surface area contributed by atoms with Crippen LogP contribution in [0.4, 0.5) is 5.82 Å². The molecule has 0 radical (unpaired) electrons. The van der Waals surface area contributed by atoms with Crippen molar-refractivity contribution in [3.8, 4) is 0 Å². The second kappa shape index (κ2) is 6.66. The molecule has 3 nitrogen and oxygen atoms in total. The first-order valence-electron chi connectivity index (χ1n) is 5.68. The fourth-order valence-corrected chi connectivity index (χ4v) is 2.52. The van der Waals surface area contributed by atoms with Gasteiger partial charge in [0.05, 0.1) is 0 Å². The van der Waals surface area contributed by atoms with Crippen molar-refractivity contribution in [2.24, 2.45) is 0 Å². The molecule has 0 saturated heterocycles. The van der Waals surface area contributed by atoms with E-state index < -0.39 is 0 Å². The van der Waals surface area contributed by atoms with E-state index in [1.807, 2.05) is 12.1 Å². The van der Waals surface area contributed by atoms with E-state index in [0.29, 0.717) is 12.2 Å². The molecule has 5 heteroatoms. The first-order chi connectivity index (χ1) is 8.74. The number of halogens is 1. The predicted molar refractivity (Wildman–Crippen MR) is 77.8 cm³/mol. The van der Waals surface area contributed by atoms with Gasteiger partial charge in [0.25, 0.3) is 0 Å². The number of nitrogens with zero attached hydrogens (tertiary/aromatic N) is 1. The van der Waals surface area contributed by atoms with Crippen molar-refractivity contribution in [3.05, 3.63) is 45.2 Å². The van der Waals surface area contributed by atoms with Crippen molar-refractivity contribution >= 4 is 39.0 Å². The Bertz CT molecular complexity index is 496. The molecule has 0 atom stereocenters. The van der Waals surface area contributed by atoms with Gasteiger partial charge in [-0.25, -0.2) is 4.98 Å². The molecule has 2 rings (SSSR count). The molecule has 2 aromatic heterocycles. The van der Waals surface area contributed by atoms with Gasteiger partial charge in [-0.1, -0.05) is 6.07 Å². The van der Waals surface area contributed by atoms with E-state index in [2.05, 4.69) is 37.7 Å². The summed E-state index contributed by atoms with van der Waals surface area (Å²) in [5.74, 6) is 0.612. The van der Waals surface area contributed by atoms with Crippen LogP contribution in [0.3, 0.4) is 0 Å². The molecule has 0 fully saturated rings. The molecule has 18 heavy (non-hydrogen) atoms. The van der Waals surface area contributed by atoms with Crippen molar-refractivity contribution in [3.63, 3.8) is 0 Å². The van der Waals surface area contributed by atoms with Crippen LogP contribution in [0.5, 0.6) is 0 Å². The van der Waals surface area contributed by atoms with Crippen molar-refractivity contribution in [2.75, 3.05) is 5.32 Å². The number of carbonyl (C=O) groups is 1. The number of aromatic nitrogens is 1. The number of thiophene rings is 1. The Morgan fingerprint density at radius 3 is 2.94 bits per heavy atom. The van der Waals surface area contributed by atoms with Crippen molar-refractivity contribution in [1.29, 1.82) is 0 Å². The van der Waals surface area contributed by atoms with E-state index in [1.54, 1.807) is 23.6 Å². The van der Waals surface area contributed by atoms with Gasteiger partial charge in [-0.3, -0.25) is 4.79 Å². The number of rotatable bonds is 5. The molecule has 0 aliphatic rings. The molecule has 0 aromatic carbocycles. The lowest BCUT2D eigenvalue weighted by atomic mass is 10.2. The Hall–Kier alpha value is -1.20. The van der Waals surface area contributed by atoms with Crippen LogP contribution in [0.2, 0.25) is 0 Å². The number of aryl methyl sites for hydroxylation is 1. The third-order valence-electron chi connectivity index (χ3n) is 2.40. The highest BCUT2D eigenvalue weighted by atomic mass is 79.9. The molecule has 0 aliphatic carbocycles. The Labute approximate surface area is 118 Å². The maximum Gasteiger partial charge on any atom is 0.225 e. The summed E-state index contributed by atoms with van der Waals surface area (Å²) in [5, 5.41) is 4.84. The molecule has 1 N–H and O–H groups in total. The molecular weight excluding hydrogens is 312 g/mol. The fraction of sp³-hybridized carbons (Fsp3) is 0.231. The van der Waals surface area contributed by atoms with Crippen LogP contribution in [-0.2, 0) is 11.2 Å². The summed E-state index contributed by atoms with van der Waals surface area (Å²) in [4.78, 5) is 17.1. The molecule has 1 amide bonds. The zero-order valence-electron chi connectivity index (χ0n) is 9.73. The first kappa shape index (κ1) is 13.2. The van der Waals surface area contributed by atoms with Crippen LogP contribution in [0.15, 0.2) is 40.3 Å². The van der Waals surface area contributed by atoms with Gasteiger partial charge in [0.1, 0.15) is 5.82 Å². The quantitative estimate of drug-likeness (QED) is 0.907. The minimum Gasteiger partial charge on any atom is -0.311 e. The largest absolute Gasteiger partial charge is 0.311 e. The molecule has 0 aliphatic heterocycles. The molecule has 2 heterocycles. The predicted octanol–water partition coefficient (Wildman–Crippen LogP) is 3.87. The minimum absolute atomic E-state index is 0.0152. The average Bonchev–Trinajstić information content (AvgIpc) is 2.85. The van der Waals surface area contributed by atoms with Gasteiger partial charge in [0.2, 0.25) is 5.91 Å². The second-order valence-electron chi connectivity index (χ2n) is 3.84. The zero-order chi connectivity index (χ0) is 12.8. The number of carbonyl (C=O) groups excluding carboxylic acids is 1. The highest BCUT2D eigenvalue weighted by Crippen LogP contribution is 2.13. The summed E-state index contributed by atoms with van der Waals surface area (Å²) in [5.41, 5.74) is 0. The second-order valence-corrected chi connectivity index (χ2v) is 5.79. The third kappa shape index (κ3) is 4.23. The van der Waals surface area contributed by atoms with Gasteiger partial charge in [-0.15, -0.1) is 11.3 Å². The maximum absolute atomic E-state index is 11.7. The smallest absolute Gasteiger partial charge is 0.225 e. The average molecular weight is 325 g/mol. The number of hydrogen-bond donors (Lipinski definition) is 1. The highest BCUT2D eigenvalue weighted by molar-refractivity contribution is 9.10. The lowest BCUT2D eigenvalue weighted by Crippen LogP contribution is -2.12. The molecule has 0 unspecified atom stereocenters. The molecule has 0 saturated carbocycles. The van der Waals surface area contributed by atoms with E-state index in [1.165, 1.54) is 4.88 Å². The number of anilines is 1. The number of pyridine rings is 1. The zero-order valence-corrected chi connectivity index (χ0v) is 12.1. The van der Waals surface area contributed by atoms with Gasteiger partial charge in [0, 0.05) is 22.0 Å². The summed E-state index contributed by atoms with van der Waals surface area (Å²) in [6.45, 7) is 0. The van der Waals surface area contributed by atoms with Gasteiger partial charge in [-0.2, -0.15) is 0 Å². The van der Waals surface area contributed by atoms with E-state index in [-0.39, 0.29) is 5.91 Å². The van der Waals surface area contributed by atoms with Gasteiger partial charge in [-0.05, 0) is 52.4 Å². The Morgan fingerprint density at radius 1 is 1.39 bits per heavy atom. The molecular formula is C13H13BrN2OS. The van der Waals surface area contributed by atoms with Crippen molar-refractivity contribution in [2.45, 2.75) is 19.3 Å². The van der Waals surface area contributed by atoms with E-state index in [4.69, 9.17) is 0 Å². The van der Waals surface area contributed by atoms with Crippen molar-refractivity contribution < 1.29 is 4.79 Å². The van der Waals surface area contributed by atoms with Gasteiger partial charge < -0.3 is 5.32 Å². The fourth-order valence-electron chi connectivity index (χ4n) is 1.53. The van der Waals surface area contributed by atoms with Gasteiger partial charge in [0.15, 0.2) is 0 Å². The van der Waals surface area contributed by atoms with Gasteiger partial charge >= 0.3 is 0 Å². The molecule has 2 aromatic rings. The topological polar surface area (TPSA) is 42.0 Å². The Kier molecular flexibility index (Phi) is 4.90. The van der Waals surface area contributed by atoms with E-state index >= 15 is 0 Å². The SMILES string of the molecule is O=C(CCCc1cccs1)Nc1ccc(Br)cn1. The maximum atomic E-state index is 11.7. The first-order valence-corrected chi connectivity index (χ1v) is 7.35. The molecule has 0 bridgehead atoms. The standard InChI is InChI=1S/C13H13BrN2OS/c14-10-6-7-12(15-9-10)16-13(17)5-1-3-11-4-2-8-18-11/h2,4,6-9H,1,3,5H2,(H,15,16,17). The Balaban J connectivity index is 1.73. The number of amides is 1. The summed E-state index contributed by atoms with van der Waals surface area (Å²) in [6.07, 6.45) is 4.01. The number of nitrogens with one attached hydrogen (secondary N) is 1. The van der Waals surface area contributed by atoms with E-state index in [0.717, 1.165) is 17.3 Å². The molecule has 0 spiro atoms. The lowest BCUT2D eigenvalue weighted by molar-refractivity contribution is -0.116. The number of hydrogen-bond acceptors (Lipinski definition) is 3. The van der Waals surface area contributed by atoms with Crippen molar-refractivity contribution in [1.82, 2.24) is 4.98 Å². The summed E-state index contributed by atoms with van der Waals surface area (Å²) >= 11 is 5.03. The van der Waals surface area contributed by atoms with E-state index in [9.17, 15) is 4.79 Å². The monoisotopic (exact) mass is 324 g/mol. The minimum atomic E-state index is 0.0152. The van der Waals surface area contributed by atoms with Crippen LogP contribution in [-0.4, -0.2) is 10.9 Å². The summed E-state index contributed by atoms with van der Waals surface area (Å²) in [6, 6.07) is 7.76. The normalized spacial score (nSPS) is 10.3. The third-order valence-corrected chi connectivity index (χ3v) is 3.81. The Morgan fingerprint density at radius 2 is 2.28 bits per heavy atom. The summed E-state index contributed by atoms with van der Waals surface area (Å²) in [7, 11) is 0. The lowest BCUT2D eigenvalue weighted by Gasteiger charge is -2.03. The van der Waals surface area contributed by atoms with Crippen LogP contribution >= 0.6 is 27.3 Å².